The molecule has 0 saturated carbocycles. The molecule has 7 heteroatoms. The van der Waals surface area contributed by atoms with Gasteiger partial charge in [-0.2, -0.15) is 4.31 Å². The maximum atomic E-state index is 12.2. The summed E-state index contributed by atoms with van der Waals surface area (Å²) in [7, 11) is -0.0922. The molecular weight excluding hydrogens is 252 g/mol. The Morgan fingerprint density at radius 1 is 1.39 bits per heavy atom. The van der Waals surface area contributed by atoms with Gasteiger partial charge in [-0.05, 0) is 26.3 Å². The van der Waals surface area contributed by atoms with Gasteiger partial charge < -0.3 is 10.3 Å². The minimum Gasteiger partial charge on any atom is -0.337 e. The van der Waals surface area contributed by atoms with Gasteiger partial charge in [-0.1, -0.05) is 6.42 Å². The summed E-state index contributed by atoms with van der Waals surface area (Å²) >= 11 is 0. The molecule has 2 N–H and O–H groups in total. The normalized spacial score (nSPS) is 12.3. The van der Waals surface area contributed by atoms with Gasteiger partial charge in [-0.25, -0.2) is 13.4 Å². The highest BCUT2D eigenvalue weighted by Gasteiger charge is 2.23. The summed E-state index contributed by atoms with van der Waals surface area (Å²) in [6, 6.07) is 0. The van der Waals surface area contributed by atoms with Crippen LogP contribution in [0, 0.1) is 6.92 Å². The summed E-state index contributed by atoms with van der Waals surface area (Å²) in [6.07, 6.45) is 4.23. The predicted octanol–water partition coefficient (Wildman–Crippen LogP) is 0.478. The van der Waals surface area contributed by atoms with Crippen LogP contribution in [0.5, 0.6) is 0 Å². The third-order valence-electron chi connectivity index (χ3n) is 2.94. The fourth-order valence-electron chi connectivity index (χ4n) is 1.59. The van der Waals surface area contributed by atoms with Crippen LogP contribution >= 0.6 is 0 Å². The Kier molecular flexibility index (Phi) is 5.30. The lowest BCUT2D eigenvalue weighted by molar-refractivity contribution is 0.451. The van der Waals surface area contributed by atoms with Crippen molar-refractivity contribution in [3.8, 4) is 0 Å². The molecule has 1 heterocycles. The van der Waals surface area contributed by atoms with Gasteiger partial charge in [-0.3, -0.25) is 0 Å². The van der Waals surface area contributed by atoms with E-state index in [0.717, 1.165) is 19.3 Å². The largest absolute Gasteiger partial charge is 0.337 e. The fourth-order valence-corrected chi connectivity index (χ4v) is 2.81. The number of rotatable bonds is 7. The quantitative estimate of drug-likeness (QED) is 0.733. The van der Waals surface area contributed by atoms with Crippen LogP contribution in [0.2, 0.25) is 0 Å². The molecule has 0 radical (unpaired) electrons. The third-order valence-corrected chi connectivity index (χ3v) is 4.67. The second-order valence-corrected chi connectivity index (χ2v) is 6.40. The second-order valence-electron chi connectivity index (χ2n) is 4.41. The molecule has 0 atom stereocenters. The molecule has 0 aliphatic carbocycles. The van der Waals surface area contributed by atoms with E-state index < -0.39 is 10.0 Å². The van der Waals surface area contributed by atoms with E-state index in [1.165, 1.54) is 4.31 Å². The highest BCUT2D eigenvalue weighted by molar-refractivity contribution is 7.89. The maximum absolute atomic E-state index is 12.2. The summed E-state index contributed by atoms with van der Waals surface area (Å²) < 4.78 is 27.4. The van der Waals surface area contributed by atoms with Crippen LogP contribution in [0.4, 0.5) is 0 Å². The number of nitrogens with zero attached hydrogens (tertiary/aromatic N) is 3. The van der Waals surface area contributed by atoms with Crippen molar-refractivity contribution in [3.05, 3.63) is 12.0 Å². The lowest BCUT2D eigenvalue weighted by atomic mass is 10.2. The van der Waals surface area contributed by atoms with E-state index in [4.69, 9.17) is 5.73 Å². The maximum Gasteiger partial charge on any atom is 0.261 e. The Morgan fingerprint density at radius 3 is 2.56 bits per heavy atom. The van der Waals surface area contributed by atoms with Gasteiger partial charge in [-0.15, -0.1) is 0 Å². The lowest BCUT2D eigenvalue weighted by Crippen LogP contribution is -2.28. The highest BCUT2D eigenvalue weighted by atomic mass is 32.2. The fraction of sp³-hybridized carbons (Fsp3) is 0.727. The van der Waals surface area contributed by atoms with Crippen molar-refractivity contribution in [2.45, 2.75) is 31.2 Å². The molecule has 0 aromatic carbocycles. The molecular formula is C11H22N4O2S. The predicted molar refractivity (Wildman–Crippen MR) is 70.7 cm³/mol. The van der Waals surface area contributed by atoms with E-state index in [2.05, 4.69) is 4.98 Å². The summed E-state index contributed by atoms with van der Waals surface area (Å²) in [5.41, 5.74) is 5.40. The van der Waals surface area contributed by atoms with Gasteiger partial charge in [0.2, 0.25) is 0 Å². The first kappa shape index (κ1) is 15.1. The third kappa shape index (κ3) is 3.54. The van der Waals surface area contributed by atoms with Crippen LogP contribution in [0.15, 0.2) is 11.2 Å². The molecule has 0 aliphatic heterocycles. The molecule has 6 nitrogen and oxygen atoms in total. The number of unbranched alkanes of at least 4 members (excludes halogenated alkanes) is 2. The zero-order valence-corrected chi connectivity index (χ0v) is 12.1. The van der Waals surface area contributed by atoms with E-state index in [1.54, 1.807) is 31.8 Å². The van der Waals surface area contributed by atoms with E-state index in [9.17, 15) is 8.42 Å². The van der Waals surface area contributed by atoms with Gasteiger partial charge in [0.15, 0.2) is 5.03 Å². The molecule has 0 spiro atoms. The number of aromatic nitrogens is 2. The topological polar surface area (TPSA) is 81.2 Å². The van der Waals surface area contributed by atoms with Gasteiger partial charge in [0.25, 0.3) is 10.0 Å². The van der Waals surface area contributed by atoms with Crippen molar-refractivity contribution < 1.29 is 8.42 Å². The molecule has 0 amide bonds. The summed E-state index contributed by atoms with van der Waals surface area (Å²) in [5, 5.41) is 0.115. The van der Waals surface area contributed by atoms with Crippen LogP contribution in [0.3, 0.4) is 0 Å². The molecule has 104 valence electrons. The number of aryl methyl sites for hydroxylation is 2. The first-order chi connectivity index (χ1) is 8.39. The number of imidazole rings is 1. The van der Waals surface area contributed by atoms with E-state index in [1.807, 2.05) is 0 Å². The molecule has 1 aromatic rings. The van der Waals surface area contributed by atoms with E-state index >= 15 is 0 Å². The molecule has 1 aromatic heterocycles. The van der Waals surface area contributed by atoms with Gasteiger partial charge in [0.1, 0.15) is 5.82 Å². The van der Waals surface area contributed by atoms with E-state index in [-0.39, 0.29) is 5.03 Å². The lowest BCUT2D eigenvalue weighted by Gasteiger charge is -2.15. The SMILES string of the molecule is Cc1nc(S(=O)(=O)N(C)CCCCCN)cn1C. The summed E-state index contributed by atoms with van der Waals surface area (Å²) in [4.78, 5) is 4.06. The summed E-state index contributed by atoms with van der Waals surface area (Å²) in [6.45, 7) is 2.92. The number of hydrogen-bond acceptors (Lipinski definition) is 4. The molecule has 0 saturated heterocycles. The van der Waals surface area contributed by atoms with Crippen molar-refractivity contribution in [2.24, 2.45) is 12.8 Å². The minimum absolute atomic E-state index is 0.115. The highest BCUT2D eigenvalue weighted by Crippen LogP contribution is 2.13. The second kappa shape index (κ2) is 6.31. The Balaban J connectivity index is 2.68. The molecule has 0 aliphatic rings. The summed E-state index contributed by atoms with van der Waals surface area (Å²) in [5.74, 6) is 0.685. The average molecular weight is 274 g/mol. The minimum atomic E-state index is -3.46. The zero-order valence-electron chi connectivity index (χ0n) is 11.3. The van der Waals surface area contributed by atoms with Crippen molar-refractivity contribution in [3.63, 3.8) is 0 Å². The van der Waals surface area contributed by atoms with Crippen molar-refractivity contribution in [2.75, 3.05) is 20.1 Å². The number of nitrogens with two attached hydrogens (primary N) is 1. The Labute approximate surface area is 109 Å². The van der Waals surface area contributed by atoms with Crippen LogP contribution in [-0.4, -0.2) is 42.4 Å². The number of sulfonamides is 1. The molecule has 0 fully saturated rings. The smallest absolute Gasteiger partial charge is 0.261 e. The average Bonchev–Trinajstić information content (AvgIpc) is 2.65. The molecule has 18 heavy (non-hydrogen) atoms. The van der Waals surface area contributed by atoms with Crippen molar-refractivity contribution >= 4 is 10.0 Å². The standard InChI is InChI=1S/C11H22N4O2S/c1-10-13-11(9-14(10)2)18(16,17)15(3)8-6-4-5-7-12/h9H,4-8,12H2,1-3H3. The molecule has 0 bridgehead atoms. The van der Waals surface area contributed by atoms with Gasteiger partial charge in [0.05, 0.1) is 0 Å². The van der Waals surface area contributed by atoms with Crippen molar-refractivity contribution in [1.29, 1.82) is 0 Å². The van der Waals surface area contributed by atoms with Crippen LogP contribution in [0.1, 0.15) is 25.1 Å². The van der Waals surface area contributed by atoms with Gasteiger partial charge >= 0.3 is 0 Å². The van der Waals surface area contributed by atoms with Gasteiger partial charge in [0, 0.05) is 26.8 Å². The zero-order chi connectivity index (χ0) is 13.8. The molecule has 0 unspecified atom stereocenters. The van der Waals surface area contributed by atoms with Crippen molar-refractivity contribution in [1.82, 2.24) is 13.9 Å². The van der Waals surface area contributed by atoms with Crippen LogP contribution in [-0.2, 0) is 17.1 Å². The van der Waals surface area contributed by atoms with Crippen LogP contribution < -0.4 is 5.73 Å². The Hall–Kier alpha value is -0.920. The Morgan fingerprint density at radius 2 is 2.06 bits per heavy atom. The van der Waals surface area contributed by atoms with E-state index in [0.29, 0.717) is 18.9 Å². The van der Waals surface area contributed by atoms with Crippen LogP contribution in [0.25, 0.3) is 0 Å². The molecule has 1 rings (SSSR count). The first-order valence-corrected chi connectivity index (χ1v) is 7.50. The monoisotopic (exact) mass is 274 g/mol. The number of hydrogen-bond donors (Lipinski definition) is 1. The first-order valence-electron chi connectivity index (χ1n) is 6.06. The Bertz CT molecular complexity index is 462.